The van der Waals surface area contributed by atoms with Gasteiger partial charge in [0.1, 0.15) is 11.9 Å². The van der Waals surface area contributed by atoms with E-state index >= 15 is 0 Å². The minimum absolute atomic E-state index is 0.0824. The van der Waals surface area contributed by atoms with E-state index in [0.717, 1.165) is 25.0 Å². The van der Waals surface area contributed by atoms with Gasteiger partial charge in [-0.05, 0) is 55.4 Å². The van der Waals surface area contributed by atoms with Crippen LogP contribution in [0, 0.1) is 5.41 Å². The van der Waals surface area contributed by atoms with Gasteiger partial charge in [0.05, 0.1) is 6.10 Å². The normalized spacial score (nSPS) is 31.2. The average molecular weight is 258 g/mol. The molecule has 0 bridgehead atoms. The molecule has 0 radical (unpaired) electrons. The van der Waals surface area contributed by atoms with Gasteiger partial charge in [-0.2, -0.15) is 0 Å². The van der Waals surface area contributed by atoms with E-state index in [1.165, 1.54) is 43.2 Å². The Morgan fingerprint density at radius 3 is 2.63 bits per heavy atom. The Morgan fingerprint density at radius 1 is 1.05 bits per heavy atom. The molecule has 19 heavy (non-hydrogen) atoms. The number of aliphatic hydroxyl groups is 1. The Bertz CT molecular complexity index is 488. The van der Waals surface area contributed by atoms with Crippen LogP contribution in [0.25, 0.3) is 0 Å². The number of ether oxygens (including phenoxy) is 1. The van der Waals surface area contributed by atoms with Gasteiger partial charge in [-0.1, -0.05) is 18.9 Å². The summed E-state index contributed by atoms with van der Waals surface area (Å²) in [6.45, 7) is 0. The van der Waals surface area contributed by atoms with Gasteiger partial charge in [0, 0.05) is 11.8 Å². The highest BCUT2D eigenvalue weighted by atomic mass is 16.5. The third-order valence-corrected chi connectivity index (χ3v) is 5.62. The molecule has 102 valence electrons. The summed E-state index contributed by atoms with van der Waals surface area (Å²) in [7, 11) is 0. The Balaban J connectivity index is 1.53. The van der Waals surface area contributed by atoms with Gasteiger partial charge in [0.25, 0.3) is 0 Å². The van der Waals surface area contributed by atoms with Crippen molar-refractivity contribution in [2.75, 3.05) is 0 Å². The third kappa shape index (κ3) is 1.73. The lowest BCUT2D eigenvalue weighted by atomic mass is 9.62. The van der Waals surface area contributed by atoms with Crippen LogP contribution >= 0.6 is 0 Å². The van der Waals surface area contributed by atoms with Crippen LogP contribution in [0.2, 0.25) is 0 Å². The molecule has 1 aromatic rings. The van der Waals surface area contributed by atoms with E-state index in [0.29, 0.717) is 0 Å². The molecule has 1 N–H and O–H groups in total. The van der Waals surface area contributed by atoms with Crippen molar-refractivity contribution < 1.29 is 9.84 Å². The van der Waals surface area contributed by atoms with Crippen molar-refractivity contribution in [3.05, 3.63) is 29.3 Å². The van der Waals surface area contributed by atoms with Gasteiger partial charge in [0.15, 0.2) is 0 Å². The van der Waals surface area contributed by atoms with Crippen molar-refractivity contribution in [1.29, 1.82) is 0 Å². The highest BCUT2D eigenvalue weighted by molar-refractivity contribution is 5.38. The highest BCUT2D eigenvalue weighted by Crippen LogP contribution is 2.54. The number of hydrogen-bond donors (Lipinski definition) is 1. The first-order chi connectivity index (χ1) is 9.28. The Hall–Kier alpha value is -1.02. The molecule has 1 aromatic carbocycles. The molecule has 2 nitrogen and oxygen atoms in total. The van der Waals surface area contributed by atoms with Crippen LogP contribution in [-0.2, 0) is 12.8 Å². The molecule has 0 aromatic heterocycles. The number of hydrogen-bond acceptors (Lipinski definition) is 2. The molecular weight excluding hydrogens is 236 g/mol. The molecule has 2 fully saturated rings. The first-order valence-corrected chi connectivity index (χ1v) is 7.74. The number of benzene rings is 1. The zero-order chi connectivity index (χ0) is 12.9. The maximum atomic E-state index is 10.1. The van der Waals surface area contributed by atoms with E-state index < -0.39 is 0 Å². The summed E-state index contributed by atoms with van der Waals surface area (Å²) in [6.07, 6.45) is 9.42. The predicted molar refractivity (Wildman–Crippen MR) is 74.4 cm³/mol. The molecule has 3 aliphatic rings. The standard InChI is InChI=1S/C17H22O2/c18-15-11-16(17(15)8-1-2-9-17)19-14-7-6-12-4-3-5-13(12)10-14/h6-7,10,15-16,18H,1-5,8-9,11H2. The molecule has 2 unspecified atom stereocenters. The van der Waals surface area contributed by atoms with Gasteiger partial charge < -0.3 is 9.84 Å². The molecule has 4 rings (SSSR count). The molecule has 0 heterocycles. The Morgan fingerprint density at radius 2 is 1.84 bits per heavy atom. The van der Waals surface area contributed by atoms with Crippen molar-refractivity contribution in [3.8, 4) is 5.75 Å². The minimum atomic E-state index is -0.130. The third-order valence-electron chi connectivity index (χ3n) is 5.62. The quantitative estimate of drug-likeness (QED) is 0.882. The summed E-state index contributed by atoms with van der Waals surface area (Å²) in [4.78, 5) is 0. The second-order valence-corrected chi connectivity index (χ2v) is 6.58. The number of rotatable bonds is 2. The lowest BCUT2D eigenvalue weighted by Crippen LogP contribution is -2.58. The second-order valence-electron chi connectivity index (χ2n) is 6.58. The fourth-order valence-corrected chi connectivity index (χ4v) is 4.37. The fraction of sp³-hybridized carbons (Fsp3) is 0.647. The van der Waals surface area contributed by atoms with Crippen LogP contribution in [0.1, 0.15) is 49.7 Å². The van der Waals surface area contributed by atoms with Gasteiger partial charge >= 0.3 is 0 Å². The summed E-state index contributed by atoms with van der Waals surface area (Å²) in [5, 5.41) is 10.1. The average Bonchev–Trinajstić information content (AvgIpc) is 3.08. The van der Waals surface area contributed by atoms with E-state index in [-0.39, 0.29) is 17.6 Å². The van der Waals surface area contributed by atoms with Crippen LogP contribution in [0.15, 0.2) is 18.2 Å². The maximum absolute atomic E-state index is 10.1. The molecule has 1 spiro atoms. The van der Waals surface area contributed by atoms with E-state index in [2.05, 4.69) is 18.2 Å². The topological polar surface area (TPSA) is 29.5 Å². The lowest BCUT2D eigenvalue weighted by Gasteiger charge is -2.51. The zero-order valence-electron chi connectivity index (χ0n) is 11.4. The molecule has 2 saturated carbocycles. The molecule has 3 aliphatic carbocycles. The second kappa shape index (κ2) is 4.24. The van der Waals surface area contributed by atoms with Gasteiger partial charge in [-0.3, -0.25) is 0 Å². The molecule has 2 atom stereocenters. The molecule has 0 amide bonds. The molecule has 2 heteroatoms. The van der Waals surface area contributed by atoms with E-state index in [9.17, 15) is 5.11 Å². The van der Waals surface area contributed by atoms with Crippen molar-refractivity contribution in [2.45, 2.75) is 63.6 Å². The van der Waals surface area contributed by atoms with Crippen LogP contribution in [0.4, 0.5) is 0 Å². The molecule has 0 aliphatic heterocycles. The SMILES string of the molecule is OC1CC(Oc2ccc3c(c2)CCC3)C12CCCC2. The van der Waals surface area contributed by atoms with Crippen LogP contribution in [0.5, 0.6) is 5.75 Å². The van der Waals surface area contributed by atoms with E-state index in [1.807, 2.05) is 0 Å². The monoisotopic (exact) mass is 258 g/mol. The smallest absolute Gasteiger partial charge is 0.120 e. The minimum Gasteiger partial charge on any atom is -0.490 e. The van der Waals surface area contributed by atoms with E-state index in [4.69, 9.17) is 4.74 Å². The predicted octanol–water partition coefficient (Wildman–Crippen LogP) is 3.25. The van der Waals surface area contributed by atoms with Gasteiger partial charge in [-0.25, -0.2) is 0 Å². The summed E-state index contributed by atoms with van der Waals surface area (Å²) >= 11 is 0. The summed E-state index contributed by atoms with van der Waals surface area (Å²) in [5.74, 6) is 1.02. The van der Waals surface area contributed by atoms with Crippen LogP contribution in [-0.4, -0.2) is 17.3 Å². The van der Waals surface area contributed by atoms with Crippen molar-refractivity contribution in [1.82, 2.24) is 0 Å². The summed E-state index contributed by atoms with van der Waals surface area (Å²) in [5.41, 5.74) is 3.05. The summed E-state index contributed by atoms with van der Waals surface area (Å²) < 4.78 is 6.22. The zero-order valence-corrected chi connectivity index (χ0v) is 11.4. The van der Waals surface area contributed by atoms with Crippen molar-refractivity contribution >= 4 is 0 Å². The lowest BCUT2D eigenvalue weighted by molar-refractivity contribution is -0.151. The highest BCUT2D eigenvalue weighted by Gasteiger charge is 2.57. The number of aliphatic hydroxyl groups excluding tert-OH is 1. The van der Waals surface area contributed by atoms with Gasteiger partial charge in [-0.15, -0.1) is 0 Å². The summed E-state index contributed by atoms with van der Waals surface area (Å²) in [6, 6.07) is 6.58. The van der Waals surface area contributed by atoms with Crippen LogP contribution in [0.3, 0.4) is 0 Å². The van der Waals surface area contributed by atoms with Crippen LogP contribution < -0.4 is 4.74 Å². The van der Waals surface area contributed by atoms with Crippen molar-refractivity contribution in [2.24, 2.45) is 5.41 Å². The largest absolute Gasteiger partial charge is 0.490 e. The number of aryl methyl sites for hydroxylation is 2. The molecule has 0 saturated heterocycles. The van der Waals surface area contributed by atoms with Gasteiger partial charge in [0.2, 0.25) is 0 Å². The Kier molecular flexibility index (Phi) is 2.63. The van der Waals surface area contributed by atoms with Crippen molar-refractivity contribution in [3.63, 3.8) is 0 Å². The fourth-order valence-electron chi connectivity index (χ4n) is 4.37. The number of fused-ring (bicyclic) bond motifs is 1. The first-order valence-electron chi connectivity index (χ1n) is 7.74. The maximum Gasteiger partial charge on any atom is 0.120 e. The van der Waals surface area contributed by atoms with E-state index in [1.54, 1.807) is 0 Å². The Labute approximate surface area is 114 Å². The molecular formula is C17H22O2. The first kappa shape index (κ1) is 11.8.